The molecule has 0 saturated heterocycles. The van der Waals surface area contributed by atoms with Gasteiger partial charge in [0.25, 0.3) is 0 Å². The second kappa shape index (κ2) is 6.33. The Labute approximate surface area is 115 Å². The minimum atomic E-state index is -1.13. The number of hydrogen-bond donors (Lipinski definition) is 3. The Kier molecular flexibility index (Phi) is 4.51. The van der Waals surface area contributed by atoms with Crippen LogP contribution in [-0.4, -0.2) is 57.9 Å². The lowest BCUT2D eigenvalue weighted by Gasteiger charge is -2.34. The molecule has 1 aromatic heterocycles. The van der Waals surface area contributed by atoms with Crippen molar-refractivity contribution < 1.29 is 19.4 Å². The average Bonchev–Trinajstić information content (AvgIpc) is 2.82. The van der Waals surface area contributed by atoms with E-state index in [2.05, 4.69) is 20.9 Å². The Morgan fingerprint density at radius 1 is 1.55 bits per heavy atom. The van der Waals surface area contributed by atoms with E-state index in [1.807, 2.05) is 0 Å². The summed E-state index contributed by atoms with van der Waals surface area (Å²) in [5.74, 6) is -1.13. The molecule has 1 aromatic rings. The topological polar surface area (TPSA) is 118 Å². The predicted molar refractivity (Wildman–Crippen MR) is 67.3 cm³/mol. The number of ether oxygens (including phenoxy) is 1. The van der Waals surface area contributed by atoms with Gasteiger partial charge in [0.2, 0.25) is 0 Å². The molecule has 1 saturated carbocycles. The van der Waals surface area contributed by atoms with Gasteiger partial charge in [-0.25, -0.2) is 14.3 Å². The average molecular weight is 283 g/mol. The van der Waals surface area contributed by atoms with Crippen LogP contribution >= 0.6 is 0 Å². The van der Waals surface area contributed by atoms with Gasteiger partial charge >= 0.3 is 12.0 Å². The first-order valence-electron chi connectivity index (χ1n) is 6.29. The van der Waals surface area contributed by atoms with Crippen LogP contribution in [0.1, 0.15) is 23.3 Å². The number of carboxylic acid groups (broad SMARTS) is 1. The first-order valence-corrected chi connectivity index (χ1v) is 6.29. The van der Waals surface area contributed by atoms with Gasteiger partial charge in [0.05, 0.1) is 18.8 Å². The number of carbonyl (C=O) groups is 2. The van der Waals surface area contributed by atoms with Crippen molar-refractivity contribution in [3.05, 3.63) is 11.9 Å². The fourth-order valence-electron chi connectivity index (χ4n) is 1.90. The van der Waals surface area contributed by atoms with E-state index in [0.29, 0.717) is 13.1 Å². The highest BCUT2D eigenvalue weighted by Gasteiger charge is 2.29. The minimum absolute atomic E-state index is 0.116. The summed E-state index contributed by atoms with van der Waals surface area (Å²) in [5.41, 5.74) is -0.116. The van der Waals surface area contributed by atoms with E-state index in [1.54, 1.807) is 7.11 Å². The first-order chi connectivity index (χ1) is 9.58. The van der Waals surface area contributed by atoms with Gasteiger partial charge in [0.15, 0.2) is 5.69 Å². The Bertz CT molecular complexity index is 483. The second-order valence-electron chi connectivity index (χ2n) is 4.60. The molecule has 110 valence electrons. The Morgan fingerprint density at radius 3 is 2.90 bits per heavy atom. The summed E-state index contributed by atoms with van der Waals surface area (Å²) in [6.45, 7) is 0.702. The van der Waals surface area contributed by atoms with Gasteiger partial charge in [0.1, 0.15) is 0 Å². The second-order valence-corrected chi connectivity index (χ2v) is 4.60. The number of amides is 2. The molecule has 3 N–H and O–H groups in total. The standard InChI is InChI=1S/C11H17N5O4/c1-20-8-4-7(5-8)13-11(19)12-2-3-16-6-9(10(17)18)14-15-16/h6-8H,2-5H2,1H3,(H,17,18)(H2,12,13,19). The van der Waals surface area contributed by atoms with Crippen LogP contribution in [-0.2, 0) is 11.3 Å². The summed E-state index contributed by atoms with van der Waals surface area (Å²) in [6.07, 6.45) is 3.21. The molecule has 1 aliphatic carbocycles. The van der Waals surface area contributed by atoms with E-state index < -0.39 is 5.97 Å². The van der Waals surface area contributed by atoms with Crippen molar-refractivity contribution in [3.8, 4) is 0 Å². The minimum Gasteiger partial charge on any atom is -0.476 e. The van der Waals surface area contributed by atoms with Gasteiger partial charge < -0.3 is 20.5 Å². The molecule has 1 heterocycles. The monoisotopic (exact) mass is 283 g/mol. The van der Waals surface area contributed by atoms with Gasteiger partial charge in [0, 0.05) is 19.7 Å². The van der Waals surface area contributed by atoms with Crippen molar-refractivity contribution in [2.45, 2.75) is 31.5 Å². The molecule has 9 heteroatoms. The van der Waals surface area contributed by atoms with Crippen LogP contribution in [0.15, 0.2) is 6.20 Å². The maximum atomic E-state index is 11.5. The molecule has 0 spiro atoms. The van der Waals surface area contributed by atoms with Crippen LogP contribution < -0.4 is 10.6 Å². The predicted octanol–water partition coefficient (Wildman–Crippen LogP) is -0.547. The summed E-state index contributed by atoms with van der Waals surface area (Å²) in [7, 11) is 1.66. The first kappa shape index (κ1) is 14.3. The molecule has 0 unspecified atom stereocenters. The summed E-state index contributed by atoms with van der Waals surface area (Å²) in [6, 6.07) is -0.0898. The van der Waals surface area contributed by atoms with Crippen molar-refractivity contribution in [1.82, 2.24) is 25.6 Å². The maximum absolute atomic E-state index is 11.5. The van der Waals surface area contributed by atoms with Crippen molar-refractivity contribution in [1.29, 1.82) is 0 Å². The van der Waals surface area contributed by atoms with Crippen molar-refractivity contribution >= 4 is 12.0 Å². The molecule has 1 aliphatic rings. The number of nitrogens with zero attached hydrogens (tertiary/aromatic N) is 3. The summed E-state index contributed by atoms with van der Waals surface area (Å²) >= 11 is 0. The van der Waals surface area contributed by atoms with E-state index >= 15 is 0 Å². The molecule has 0 aliphatic heterocycles. The molecule has 20 heavy (non-hydrogen) atoms. The van der Waals surface area contributed by atoms with Gasteiger partial charge in [-0.15, -0.1) is 5.10 Å². The summed E-state index contributed by atoms with van der Waals surface area (Å²) in [5, 5.41) is 21.3. The Hall–Kier alpha value is -2.16. The molecule has 0 atom stereocenters. The van der Waals surface area contributed by atoms with Crippen LogP contribution in [0.5, 0.6) is 0 Å². The van der Waals surface area contributed by atoms with Crippen molar-refractivity contribution in [3.63, 3.8) is 0 Å². The van der Waals surface area contributed by atoms with Crippen molar-refractivity contribution in [2.75, 3.05) is 13.7 Å². The fourth-order valence-corrected chi connectivity index (χ4v) is 1.90. The zero-order chi connectivity index (χ0) is 14.5. The van der Waals surface area contributed by atoms with E-state index in [-0.39, 0.29) is 23.9 Å². The van der Waals surface area contributed by atoms with Crippen LogP contribution in [0.4, 0.5) is 4.79 Å². The fraction of sp³-hybridized carbons (Fsp3) is 0.636. The smallest absolute Gasteiger partial charge is 0.358 e. The highest BCUT2D eigenvalue weighted by Crippen LogP contribution is 2.22. The van der Waals surface area contributed by atoms with Crippen LogP contribution in [0, 0.1) is 0 Å². The number of hydrogen-bond acceptors (Lipinski definition) is 5. The van der Waals surface area contributed by atoms with E-state index in [9.17, 15) is 9.59 Å². The van der Waals surface area contributed by atoms with E-state index in [0.717, 1.165) is 12.8 Å². The van der Waals surface area contributed by atoms with Crippen LogP contribution in [0.3, 0.4) is 0 Å². The third-order valence-electron chi connectivity index (χ3n) is 3.15. The largest absolute Gasteiger partial charge is 0.476 e. The molecule has 2 amide bonds. The van der Waals surface area contributed by atoms with Gasteiger partial charge in [-0.05, 0) is 12.8 Å². The molecule has 9 nitrogen and oxygen atoms in total. The normalized spacial score (nSPS) is 21.1. The van der Waals surface area contributed by atoms with Crippen LogP contribution in [0.2, 0.25) is 0 Å². The third kappa shape index (κ3) is 3.67. The zero-order valence-electron chi connectivity index (χ0n) is 11.1. The highest BCUT2D eigenvalue weighted by atomic mass is 16.5. The van der Waals surface area contributed by atoms with E-state index in [4.69, 9.17) is 9.84 Å². The molecule has 2 rings (SSSR count). The molecule has 0 bridgehead atoms. The molecular formula is C11H17N5O4. The number of urea groups is 1. The van der Waals surface area contributed by atoms with Gasteiger partial charge in [-0.1, -0.05) is 5.21 Å². The Morgan fingerprint density at radius 2 is 2.30 bits per heavy atom. The lowest BCUT2D eigenvalue weighted by molar-refractivity contribution is 0.0205. The number of carboxylic acids is 1. The SMILES string of the molecule is COC1CC(NC(=O)NCCn2cc(C(=O)O)nn2)C1. The molecule has 0 radical (unpaired) electrons. The molecular weight excluding hydrogens is 266 g/mol. The van der Waals surface area contributed by atoms with E-state index in [1.165, 1.54) is 10.9 Å². The maximum Gasteiger partial charge on any atom is 0.358 e. The van der Waals surface area contributed by atoms with Crippen molar-refractivity contribution in [2.24, 2.45) is 0 Å². The molecule has 0 aromatic carbocycles. The Balaban J connectivity index is 1.62. The van der Waals surface area contributed by atoms with Gasteiger partial charge in [-0.2, -0.15) is 0 Å². The lowest BCUT2D eigenvalue weighted by Crippen LogP contribution is -2.51. The highest BCUT2D eigenvalue weighted by molar-refractivity contribution is 5.84. The number of carbonyl (C=O) groups excluding carboxylic acids is 1. The summed E-state index contributed by atoms with van der Waals surface area (Å²) < 4.78 is 6.49. The van der Waals surface area contributed by atoms with Gasteiger partial charge in [-0.3, -0.25) is 0 Å². The molecule has 1 fully saturated rings. The number of aromatic nitrogens is 3. The lowest BCUT2D eigenvalue weighted by atomic mass is 9.89. The summed E-state index contributed by atoms with van der Waals surface area (Å²) in [4.78, 5) is 22.1. The quantitative estimate of drug-likeness (QED) is 0.645. The number of rotatable bonds is 6. The zero-order valence-corrected chi connectivity index (χ0v) is 11.1. The number of methoxy groups -OCH3 is 1. The number of nitrogens with one attached hydrogen (secondary N) is 2. The van der Waals surface area contributed by atoms with Crippen LogP contribution in [0.25, 0.3) is 0 Å². The number of aromatic carboxylic acids is 1. The third-order valence-corrected chi connectivity index (χ3v) is 3.15.